The van der Waals surface area contributed by atoms with Crippen molar-refractivity contribution >= 4 is 22.7 Å². The Bertz CT molecular complexity index is 1320. The summed E-state index contributed by atoms with van der Waals surface area (Å²) in [5.74, 6) is 0.992. The number of carbonyl (C=O) groups excluding carboxylic acids is 2. The van der Waals surface area contributed by atoms with Crippen molar-refractivity contribution in [1.29, 1.82) is 0 Å². The Kier molecular flexibility index (Phi) is 7.74. The van der Waals surface area contributed by atoms with Crippen LogP contribution in [-0.4, -0.2) is 56.9 Å². The van der Waals surface area contributed by atoms with E-state index in [2.05, 4.69) is 15.6 Å². The third-order valence-corrected chi connectivity index (χ3v) is 8.13. The largest absolute Gasteiger partial charge is 0.343 e. The zero-order chi connectivity index (χ0) is 26.8. The highest BCUT2D eigenvalue weighted by atomic mass is 19.1. The molecule has 38 heavy (non-hydrogen) atoms. The summed E-state index contributed by atoms with van der Waals surface area (Å²) in [7, 11) is 1.75. The summed E-state index contributed by atoms with van der Waals surface area (Å²) < 4.78 is 15.7. The van der Waals surface area contributed by atoms with Crippen LogP contribution in [0.4, 0.5) is 4.39 Å². The third-order valence-electron chi connectivity index (χ3n) is 8.13. The standard InChI is InChI=1S/C29H37FN6O2/c1-18(31-3)28(37)34-27(20-8-5-4-6-9-20)29(38)36-14-7-10-25(36)23-17-26(33-19(2)32-23)35-15-13-21-16-22(30)11-12-24(21)35/h11-13,15-18,20,25,27,31H,4-10,14H2,1-3H3,(H,34,37)/t18-,25-,27-/m0/s1. The highest BCUT2D eigenvalue weighted by Gasteiger charge is 2.39. The van der Waals surface area contributed by atoms with Crippen LogP contribution in [0.1, 0.15) is 69.4 Å². The van der Waals surface area contributed by atoms with Gasteiger partial charge in [0.25, 0.3) is 0 Å². The molecule has 1 aliphatic carbocycles. The summed E-state index contributed by atoms with van der Waals surface area (Å²) in [6.07, 6.45) is 8.79. The molecule has 0 bridgehead atoms. The molecule has 2 amide bonds. The maximum absolute atomic E-state index is 14.1. The van der Waals surface area contributed by atoms with E-state index < -0.39 is 6.04 Å². The first kappa shape index (κ1) is 26.3. The molecule has 0 spiro atoms. The molecule has 2 aliphatic rings. The van der Waals surface area contributed by atoms with Gasteiger partial charge in [-0.15, -0.1) is 0 Å². The Labute approximate surface area is 223 Å². The van der Waals surface area contributed by atoms with Gasteiger partial charge < -0.3 is 20.1 Å². The van der Waals surface area contributed by atoms with Gasteiger partial charge in [0, 0.05) is 24.2 Å². The second kappa shape index (κ2) is 11.2. The Morgan fingerprint density at radius 3 is 2.61 bits per heavy atom. The maximum Gasteiger partial charge on any atom is 0.246 e. The molecule has 3 atom stereocenters. The van der Waals surface area contributed by atoms with E-state index in [4.69, 9.17) is 4.98 Å². The highest BCUT2D eigenvalue weighted by molar-refractivity contribution is 5.90. The number of amides is 2. The lowest BCUT2D eigenvalue weighted by Crippen LogP contribution is -2.55. The van der Waals surface area contributed by atoms with Crippen molar-refractivity contribution in [3.8, 4) is 5.82 Å². The third kappa shape index (κ3) is 5.29. The number of benzene rings is 1. The Balaban J connectivity index is 1.45. The van der Waals surface area contributed by atoms with Gasteiger partial charge in [0.2, 0.25) is 11.8 Å². The van der Waals surface area contributed by atoms with Gasteiger partial charge in [-0.3, -0.25) is 9.59 Å². The molecule has 3 heterocycles. The van der Waals surface area contributed by atoms with E-state index in [1.807, 2.05) is 34.7 Å². The SMILES string of the molecule is CN[C@@H](C)C(=O)N[C@H](C(=O)N1CCC[C@H]1c1cc(-n2ccc3cc(F)ccc32)nc(C)n1)C1CCCCC1. The van der Waals surface area contributed by atoms with Crippen LogP contribution in [0.2, 0.25) is 0 Å². The minimum Gasteiger partial charge on any atom is -0.343 e. The molecule has 1 saturated heterocycles. The van der Waals surface area contributed by atoms with Crippen LogP contribution in [0.15, 0.2) is 36.5 Å². The van der Waals surface area contributed by atoms with Crippen LogP contribution in [0.25, 0.3) is 16.7 Å². The number of nitrogens with zero attached hydrogens (tertiary/aromatic N) is 4. The fraction of sp³-hybridized carbons (Fsp3) is 0.517. The van der Waals surface area contributed by atoms with Crippen molar-refractivity contribution < 1.29 is 14.0 Å². The van der Waals surface area contributed by atoms with Crippen LogP contribution >= 0.6 is 0 Å². The average molecular weight is 521 g/mol. The molecule has 3 aromatic rings. The van der Waals surface area contributed by atoms with Crippen LogP contribution in [0.5, 0.6) is 0 Å². The van der Waals surface area contributed by atoms with Crippen LogP contribution in [0, 0.1) is 18.7 Å². The molecular formula is C29H37FN6O2. The van der Waals surface area contributed by atoms with Crippen molar-refractivity contribution in [3.05, 3.63) is 53.9 Å². The van der Waals surface area contributed by atoms with E-state index in [9.17, 15) is 14.0 Å². The molecule has 1 aromatic carbocycles. The average Bonchev–Trinajstić information content (AvgIpc) is 3.58. The maximum atomic E-state index is 14.1. The first-order valence-electron chi connectivity index (χ1n) is 13.8. The van der Waals surface area contributed by atoms with Gasteiger partial charge in [-0.1, -0.05) is 19.3 Å². The second-order valence-electron chi connectivity index (χ2n) is 10.7. The number of carbonyl (C=O) groups is 2. The first-order valence-corrected chi connectivity index (χ1v) is 13.8. The lowest BCUT2D eigenvalue weighted by molar-refractivity contribution is -0.139. The Morgan fingerprint density at radius 2 is 1.84 bits per heavy atom. The monoisotopic (exact) mass is 520 g/mol. The Hall–Kier alpha value is -3.33. The molecule has 0 unspecified atom stereocenters. The predicted octanol–water partition coefficient (Wildman–Crippen LogP) is 4.20. The van der Waals surface area contributed by atoms with Crippen LogP contribution in [0.3, 0.4) is 0 Å². The molecule has 5 rings (SSSR count). The summed E-state index contributed by atoms with van der Waals surface area (Å²) in [4.78, 5) is 38.3. The molecule has 1 saturated carbocycles. The summed E-state index contributed by atoms with van der Waals surface area (Å²) in [6, 6.07) is 7.40. The normalized spacial score (nSPS) is 20.0. The van der Waals surface area contributed by atoms with Crippen molar-refractivity contribution in [1.82, 2.24) is 30.1 Å². The van der Waals surface area contributed by atoms with E-state index >= 15 is 0 Å². The summed E-state index contributed by atoms with van der Waals surface area (Å²) in [5, 5.41) is 6.87. The minimum atomic E-state index is -0.537. The minimum absolute atomic E-state index is 0.0178. The number of rotatable bonds is 7. The van der Waals surface area contributed by atoms with Crippen LogP contribution < -0.4 is 10.6 Å². The number of hydrogen-bond donors (Lipinski definition) is 2. The fourth-order valence-corrected chi connectivity index (χ4v) is 5.96. The van der Waals surface area contributed by atoms with E-state index in [1.165, 1.54) is 18.6 Å². The van der Waals surface area contributed by atoms with E-state index in [1.54, 1.807) is 20.0 Å². The number of halogens is 1. The molecule has 2 aromatic heterocycles. The van der Waals surface area contributed by atoms with Gasteiger partial charge in [-0.25, -0.2) is 14.4 Å². The van der Waals surface area contributed by atoms with Gasteiger partial charge in [0.05, 0.1) is 23.3 Å². The quantitative estimate of drug-likeness (QED) is 0.487. The van der Waals surface area contributed by atoms with Crippen molar-refractivity contribution in [2.45, 2.75) is 76.9 Å². The number of fused-ring (bicyclic) bond motifs is 1. The number of aryl methyl sites for hydroxylation is 1. The van der Waals surface area contributed by atoms with Crippen molar-refractivity contribution in [3.63, 3.8) is 0 Å². The number of aromatic nitrogens is 3. The molecule has 202 valence electrons. The summed E-state index contributed by atoms with van der Waals surface area (Å²) in [5.41, 5.74) is 1.65. The highest BCUT2D eigenvalue weighted by Crippen LogP contribution is 2.35. The van der Waals surface area contributed by atoms with Crippen molar-refractivity contribution in [2.24, 2.45) is 5.92 Å². The number of likely N-dealkylation sites (N-methyl/N-ethyl adjacent to an activating group) is 1. The topological polar surface area (TPSA) is 92.2 Å². The molecule has 8 nitrogen and oxygen atoms in total. The Morgan fingerprint density at radius 1 is 1.05 bits per heavy atom. The van der Waals surface area contributed by atoms with Gasteiger partial charge >= 0.3 is 0 Å². The van der Waals surface area contributed by atoms with E-state index in [0.29, 0.717) is 18.2 Å². The molecular weight excluding hydrogens is 483 g/mol. The molecule has 9 heteroatoms. The molecule has 2 fully saturated rings. The fourth-order valence-electron chi connectivity index (χ4n) is 5.96. The summed E-state index contributed by atoms with van der Waals surface area (Å²) in [6.45, 7) is 4.29. The lowest BCUT2D eigenvalue weighted by atomic mass is 9.83. The van der Waals surface area contributed by atoms with Gasteiger partial charge in [0.1, 0.15) is 23.5 Å². The van der Waals surface area contributed by atoms with E-state index in [-0.39, 0.29) is 35.6 Å². The lowest BCUT2D eigenvalue weighted by Gasteiger charge is -2.35. The second-order valence-corrected chi connectivity index (χ2v) is 10.7. The van der Waals surface area contributed by atoms with Crippen molar-refractivity contribution in [2.75, 3.05) is 13.6 Å². The zero-order valence-corrected chi connectivity index (χ0v) is 22.4. The zero-order valence-electron chi connectivity index (χ0n) is 22.4. The van der Waals surface area contributed by atoms with Gasteiger partial charge in [0.15, 0.2) is 0 Å². The molecule has 2 N–H and O–H groups in total. The first-order chi connectivity index (χ1) is 18.4. The van der Waals surface area contributed by atoms with Crippen LogP contribution in [-0.2, 0) is 9.59 Å². The summed E-state index contributed by atoms with van der Waals surface area (Å²) >= 11 is 0. The molecule has 1 aliphatic heterocycles. The number of nitrogens with one attached hydrogen (secondary N) is 2. The smallest absolute Gasteiger partial charge is 0.246 e. The number of hydrogen-bond acceptors (Lipinski definition) is 5. The van der Waals surface area contributed by atoms with Gasteiger partial charge in [-0.2, -0.15) is 0 Å². The van der Waals surface area contributed by atoms with E-state index in [0.717, 1.165) is 55.1 Å². The number of likely N-dealkylation sites (tertiary alicyclic amines) is 1. The predicted molar refractivity (Wildman–Crippen MR) is 144 cm³/mol. The van der Waals surface area contributed by atoms with Gasteiger partial charge in [-0.05, 0) is 76.8 Å². The molecule has 0 radical (unpaired) electrons.